The molecule has 108 valence electrons. The highest BCUT2D eigenvalue weighted by molar-refractivity contribution is 7.14. The zero-order chi connectivity index (χ0) is 14.9. The molecule has 1 amide bonds. The highest BCUT2D eigenvalue weighted by Gasteiger charge is 2.08. The largest absolute Gasteiger partial charge is 0.351 e. The number of azide groups is 1. The molecule has 1 heterocycles. The number of carbonyl (C=O) groups is 1. The Morgan fingerprint density at radius 2 is 2.05 bits per heavy atom. The molecule has 6 heteroatoms. The van der Waals surface area contributed by atoms with Crippen LogP contribution in [0.25, 0.3) is 10.4 Å². The van der Waals surface area contributed by atoms with E-state index < -0.39 is 0 Å². The average Bonchev–Trinajstić information content (AvgIpc) is 2.99. The van der Waals surface area contributed by atoms with Gasteiger partial charge in [0.1, 0.15) is 0 Å². The fourth-order valence-corrected chi connectivity index (χ4v) is 2.75. The molecule has 1 aromatic carbocycles. The van der Waals surface area contributed by atoms with Crippen LogP contribution in [0.4, 0.5) is 0 Å². The quantitative estimate of drug-likeness (QED) is 0.358. The van der Waals surface area contributed by atoms with Crippen molar-refractivity contribution in [3.05, 3.63) is 68.2 Å². The van der Waals surface area contributed by atoms with Crippen LogP contribution in [0.2, 0.25) is 0 Å². The molecule has 0 saturated heterocycles. The summed E-state index contributed by atoms with van der Waals surface area (Å²) in [4.78, 5) is 16.2. The second-order valence-electron chi connectivity index (χ2n) is 4.50. The van der Waals surface area contributed by atoms with Crippen LogP contribution in [-0.2, 0) is 13.0 Å². The Morgan fingerprint density at radius 1 is 1.24 bits per heavy atom. The normalized spacial score (nSPS) is 9.90. The first-order chi connectivity index (χ1) is 10.3. The number of amides is 1. The van der Waals surface area contributed by atoms with Crippen molar-refractivity contribution in [2.75, 3.05) is 6.54 Å². The Morgan fingerprint density at radius 3 is 2.81 bits per heavy atom. The van der Waals surface area contributed by atoms with Crippen LogP contribution >= 0.6 is 11.3 Å². The van der Waals surface area contributed by atoms with Gasteiger partial charge < -0.3 is 5.32 Å². The third kappa shape index (κ3) is 4.95. The van der Waals surface area contributed by atoms with Gasteiger partial charge in [0.05, 0.1) is 11.4 Å². The van der Waals surface area contributed by atoms with Gasteiger partial charge in [-0.15, -0.1) is 11.3 Å². The molecular formula is C15H16N4OS. The molecule has 21 heavy (non-hydrogen) atoms. The van der Waals surface area contributed by atoms with Gasteiger partial charge in [-0.1, -0.05) is 35.4 Å². The van der Waals surface area contributed by atoms with E-state index >= 15 is 0 Å². The summed E-state index contributed by atoms with van der Waals surface area (Å²) in [5.74, 6) is -0.0692. The van der Waals surface area contributed by atoms with E-state index in [0.717, 1.165) is 17.7 Å². The minimum absolute atomic E-state index is 0.0692. The second-order valence-corrected chi connectivity index (χ2v) is 5.67. The van der Waals surface area contributed by atoms with E-state index in [4.69, 9.17) is 5.53 Å². The summed E-state index contributed by atoms with van der Waals surface area (Å²) >= 11 is 1.36. The zero-order valence-corrected chi connectivity index (χ0v) is 12.3. The zero-order valence-electron chi connectivity index (χ0n) is 11.5. The molecule has 0 spiro atoms. The lowest BCUT2D eigenvalue weighted by Crippen LogP contribution is -2.23. The van der Waals surface area contributed by atoms with Crippen molar-refractivity contribution in [3.8, 4) is 0 Å². The maximum Gasteiger partial charge on any atom is 0.261 e. The molecule has 0 aliphatic heterocycles. The molecule has 0 bridgehead atoms. The molecule has 0 saturated carbocycles. The molecule has 0 aliphatic carbocycles. The molecule has 1 aromatic heterocycles. The van der Waals surface area contributed by atoms with Crippen LogP contribution in [0.5, 0.6) is 0 Å². The van der Waals surface area contributed by atoms with Gasteiger partial charge in [-0.3, -0.25) is 4.79 Å². The molecule has 2 aromatic rings. The lowest BCUT2D eigenvalue weighted by molar-refractivity contribution is 0.0957. The second kappa shape index (κ2) is 8.09. The summed E-state index contributed by atoms with van der Waals surface area (Å²) in [5, 5.41) is 6.39. The van der Waals surface area contributed by atoms with Gasteiger partial charge in [0.15, 0.2) is 0 Å². The molecule has 2 rings (SSSR count). The summed E-state index contributed by atoms with van der Waals surface area (Å²) in [6, 6.07) is 13.8. The predicted molar refractivity (Wildman–Crippen MR) is 84.3 cm³/mol. The number of carbonyl (C=O) groups excluding carboxylic acids is 1. The van der Waals surface area contributed by atoms with E-state index in [2.05, 4.69) is 27.5 Å². The lowest BCUT2D eigenvalue weighted by Gasteiger charge is -2.03. The highest BCUT2D eigenvalue weighted by atomic mass is 32.1. The van der Waals surface area contributed by atoms with Crippen LogP contribution < -0.4 is 5.32 Å². The van der Waals surface area contributed by atoms with Gasteiger partial charge in [0.25, 0.3) is 5.91 Å². The smallest absolute Gasteiger partial charge is 0.261 e. The van der Waals surface area contributed by atoms with Gasteiger partial charge in [-0.2, -0.15) is 0 Å². The number of hydrogen-bond donors (Lipinski definition) is 1. The number of thiophene rings is 1. The third-order valence-electron chi connectivity index (χ3n) is 2.95. The van der Waals surface area contributed by atoms with Gasteiger partial charge in [-0.25, -0.2) is 0 Å². The van der Waals surface area contributed by atoms with Gasteiger partial charge in [0, 0.05) is 16.3 Å². The van der Waals surface area contributed by atoms with Crippen molar-refractivity contribution in [2.45, 2.75) is 19.4 Å². The molecule has 5 nitrogen and oxygen atoms in total. The van der Waals surface area contributed by atoms with Crippen molar-refractivity contribution in [3.63, 3.8) is 0 Å². The fraction of sp³-hybridized carbons (Fsp3) is 0.267. The van der Waals surface area contributed by atoms with Crippen molar-refractivity contribution >= 4 is 17.2 Å². The summed E-state index contributed by atoms with van der Waals surface area (Å²) < 4.78 is 0. The maximum atomic E-state index is 11.9. The summed E-state index contributed by atoms with van der Waals surface area (Å²) in [6.45, 7) is 0.944. The fourth-order valence-electron chi connectivity index (χ4n) is 1.91. The topological polar surface area (TPSA) is 77.9 Å². The summed E-state index contributed by atoms with van der Waals surface area (Å²) in [5.41, 5.74) is 9.54. The molecule has 0 unspecified atom stereocenters. The number of rotatable bonds is 7. The summed E-state index contributed by atoms with van der Waals surface area (Å²) in [7, 11) is 0. The van der Waals surface area contributed by atoms with Crippen LogP contribution in [0.1, 0.15) is 26.5 Å². The van der Waals surface area contributed by atoms with E-state index in [0.29, 0.717) is 18.0 Å². The van der Waals surface area contributed by atoms with Crippen LogP contribution in [0, 0.1) is 0 Å². The Balaban J connectivity index is 1.74. The molecular weight excluding hydrogens is 284 g/mol. The predicted octanol–water partition coefficient (Wildman–Crippen LogP) is 3.92. The first-order valence-corrected chi connectivity index (χ1v) is 7.53. The molecule has 0 aliphatic rings. The lowest BCUT2D eigenvalue weighted by atomic mass is 10.1. The van der Waals surface area contributed by atoms with Crippen LogP contribution in [0.15, 0.2) is 47.6 Å². The number of benzene rings is 1. The van der Waals surface area contributed by atoms with Crippen molar-refractivity contribution in [2.24, 2.45) is 5.11 Å². The first-order valence-electron chi connectivity index (χ1n) is 6.71. The van der Waals surface area contributed by atoms with E-state index in [-0.39, 0.29) is 5.91 Å². The van der Waals surface area contributed by atoms with E-state index in [9.17, 15) is 4.79 Å². The van der Waals surface area contributed by atoms with Gasteiger partial charge in [0.2, 0.25) is 0 Å². The monoisotopic (exact) mass is 300 g/mol. The molecule has 1 N–H and O–H groups in total. The Bertz CT molecular complexity index is 632. The average molecular weight is 300 g/mol. The third-order valence-corrected chi connectivity index (χ3v) is 4.01. The number of nitrogens with one attached hydrogen (secondary N) is 1. The highest BCUT2D eigenvalue weighted by Crippen LogP contribution is 2.17. The minimum Gasteiger partial charge on any atom is -0.351 e. The van der Waals surface area contributed by atoms with Crippen molar-refractivity contribution in [1.29, 1.82) is 0 Å². The standard InChI is InChI=1S/C15H16N4OS/c16-19-18-11-13-8-9-14(21-13)15(20)17-10-4-7-12-5-2-1-3-6-12/h1-3,5-6,8-9H,4,7,10-11H2,(H,17,20). The maximum absolute atomic E-state index is 11.9. The molecule has 0 radical (unpaired) electrons. The van der Waals surface area contributed by atoms with E-state index in [1.807, 2.05) is 24.3 Å². The van der Waals surface area contributed by atoms with Crippen molar-refractivity contribution in [1.82, 2.24) is 5.32 Å². The number of aryl methyl sites for hydroxylation is 1. The Labute approximate surface area is 127 Å². The van der Waals surface area contributed by atoms with E-state index in [1.165, 1.54) is 16.9 Å². The Hall–Kier alpha value is -2.30. The first kappa shape index (κ1) is 15.1. The molecule has 0 atom stereocenters. The Kier molecular flexibility index (Phi) is 5.82. The summed E-state index contributed by atoms with van der Waals surface area (Å²) in [6.07, 6.45) is 1.86. The SMILES string of the molecule is [N-]=[N+]=NCc1ccc(C(=O)NCCCc2ccccc2)s1. The van der Waals surface area contributed by atoms with Gasteiger partial charge in [-0.05, 0) is 36.1 Å². The van der Waals surface area contributed by atoms with E-state index in [1.54, 1.807) is 6.07 Å². The number of hydrogen-bond acceptors (Lipinski definition) is 3. The van der Waals surface area contributed by atoms with Crippen LogP contribution in [-0.4, -0.2) is 12.5 Å². The van der Waals surface area contributed by atoms with Crippen LogP contribution in [0.3, 0.4) is 0 Å². The van der Waals surface area contributed by atoms with Gasteiger partial charge >= 0.3 is 0 Å². The number of nitrogens with zero attached hydrogens (tertiary/aromatic N) is 3. The molecule has 0 fully saturated rings. The van der Waals surface area contributed by atoms with Crippen molar-refractivity contribution < 1.29 is 4.79 Å². The minimum atomic E-state index is -0.0692.